The molecule has 3 aromatic rings. The standard InChI is InChI=1S/C22H23N3O5/c1-13-8-17(30-25-13)11-20(27)18-9-16(26)10-19(18)21(28)24-12-14-2-4-15(5-3-14)22-23-6-7-29-22/h2-8,16,18-19,26H,9-12H2,1H3,(H,24,28)/t16-,18?,19+/m0/s1. The van der Waals surface area contributed by atoms with Gasteiger partial charge in [-0.15, -0.1) is 0 Å². The van der Waals surface area contributed by atoms with Gasteiger partial charge in [0.05, 0.1) is 30.3 Å². The van der Waals surface area contributed by atoms with Gasteiger partial charge in [0, 0.05) is 24.1 Å². The van der Waals surface area contributed by atoms with Crippen LogP contribution in [0.5, 0.6) is 0 Å². The molecule has 2 N–H and O–H groups in total. The third-order valence-electron chi connectivity index (χ3n) is 5.41. The number of aryl methyl sites for hydroxylation is 1. The van der Waals surface area contributed by atoms with E-state index in [4.69, 9.17) is 8.94 Å². The van der Waals surface area contributed by atoms with E-state index >= 15 is 0 Å². The second-order valence-electron chi connectivity index (χ2n) is 7.67. The van der Waals surface area contributed by atoms with Crippen LogP contribution in [-0.2, 0) is 22.6 Å². The molecule has 2 aromatic heterocycles. The van der Waals surface area contributed by atoms with E-state index in [1.165, 1.54) is 6.26 Å². The summed E-state index contributed by atoms with van der Waals surface area (Å²) in [7, 11) is 0. The van der Waals surface area contributed by atoms with E-state index in [9.17, 15) is 14.7 Å². The van der Waals surface area contributed by atoms with Crippen LogP contribution in [0, 0.1) is 18.8 Å². The Morgan fingerprint density at radius 1 is 1.20 bits per heavy atom. The normalized spacial score (nSPS) is 20.9. The van der Waals surface area contributed by atoms with Gasteiger partial charge >= 0.3 is 0 Å². The Hall–Kier alpha value is -3.26. The van der Waals surface area contributed by atoms with Gasteiger partial charge in [0.15, 0.2) is 0 Å². The van der Waals surface area contributed by atoms with Crippen molar-refractivity contribution in [2.75, 3.05) is 0 Å². The molecule has 1 unspecified atom stereocenters. The van der Waals surface area contributed by atoms with E-state index in [0.717, 1.165) is 11.1 Å². The Morgan fingerprint density at radius 2 is 1.97 bits per heavy atom. The predicted molar refractivity (Wildman–Crippen MR) is 106 cm³/mol. The molecule has 8 nitrogen and oxygen atoms in total. The average molecular weight is 409 g/mol. The van der Waals surface area contributed by atoms with Crippen molar-refractivity contribution in [3.05, 3.63) is 59.8 Å². The van der Waals surface area contributed by atoms with Crippen molar-refractivity contribution in [2.24, 2.45) is 11.8 Å². The Labute approximate surface area is 173 Å². The molecule has 156 valence electrons. The van der Waals surface area contributed by atoms with Crippen LogP contribution in [0.3, 0.4) is 0 Å². The summed E-state index contributed by atoms with van der Waals surface area (Å²) in [5.41, 5.74) is 2.46. The largest absolute Gasteiger partial charge is 0.445 e. The van der Waals surface area contributed by atoms with Gasteiger partial charge in [-0.25, -0.2) is 4.98 Å². The molecule has 30 heavy (non-hydrogen) atoms. The molecule has 0 bridgehead atoms. The molecule has 8 heteroatoms. The lowest BCUT2D eigenvalue weighted by Crippen LogP contribution is -2.35. The maximum absolute atomic E-state index is 12.8. The smallest absolute Gasteiger partial charge is 0.225 e. The predicted octanol–water partition coefficient (Wildman–Crippen LogP) is 2.45. The maximum atomic E-state index is 12.8. The van der Waals surface area contributed by atoms with Crippen LogP contribution in [0.15, 0.2) is 51.7 Å². The summed E-state index contributed by atoms with van der Waals surface area (Å²) < 4.78 is 10.4. The van der Waals surface area contributed by atoms with Gasteiger partial charge in [0.2, 0.25) is 11.8 Å². The summed E-state index contributed by atoms with van der Waals surface area (Å²) in [6.45, 7) is 2.12. The maximum Gasteiger partial charge on any atom is 0.225 e. The Morgan fingerprint density at radius 3 is 2.63 bits per heavy atom. The summed E-state index contributed by atoms with van der Waals surface area (Å²) in [5, 5.41) is 16.7. The SMILES string of the molecule is Cc1cc(CC(=O)C2C[C@H](O)C[C@H]2C(=O)NCc2ccc(-c3ncco3)cc2)on1. The Kier molecular flexibility index (Phi) is 5.76. The van der Waals surface area contributed by atoms with Crippen LogP contribution in [0.25, 0.3) is 11.5 Å². The number of benzene rings is 1. The van der Waals surface area contributed by atoms with Gasteiger partial charge in [0.25, 0.3) is 0 Å². The molecule has 0 spiro atoms. The summed E-state index contributed by atoms with van der Waals surface area (Å²) in [6.07, 6.45) is 3.08. The lowest BCUT2D eigenvalue weighted by atomic mass is 9.89. The molecule has 1 aromatic carbocycles. The highest BCUT2D eigenvalue weighted by Crippen LogP contribution is 2.34. The van der Waals surface area contributed by atoms with Crippen molar-refractivity contribution in [2.45, 2.75) is 38.8 Å². The number of ketones is 1. The highest BCUT2D eigenvalue weighted by Gasteiger charge is 2.41. The van der Waals surface area contributed by atoms with Crippen LogP contribution >= 0.6 is 0 Å². The van der Waals surface area contributed by atoms with Gasteiger partial charge in [0.1, 0.15) is 17.8 Å². The number of aliphatic hydroxyl groups excluding tert-OH is 1. The Balaban J connectivity index is 1.36. The minimum Gasteiger partial charge on any atom is -0.445 e. The summed E-state index contributed by atoms with van der Waals surface area (Å²) in [6, 6.07) is 9.23. The fraction of sp³-hybridized carbons (Fsp3) is 0.364. The second kappa shape index (κ2) is 8.62. The number of aliphatic hydroxyl groups is 1. The molecule has 1 fully saturated rings. The minimum atomic E-state index is -0.661. The first-order valence-electron chi connectivity index (χ1n) is 9.89. The molecule has 2 heterocycles. The zero-order valence-electron chi connectivity index (χ0n) is 16.6. The van der Waals surface area contributed by atoms with Crippen molar-refractivity contribution in [1.29, 1.82) is 0 Å². The van der Waals surface area contributed by atoms with Gasteiger partial charge in [-0.1, -0.05) is 17.3 Å². The number of nitrogens with one attached hydrogen (secondary N) is 1. The third kappa shape index (κ3) is 4.49. The van der Waals surface area contributed by atoms with Gasteiger partial charge in [-0.2, -0.15) is 0 Å². The summed E-state index contributed by atoms with van der Waals surface area (Å²) >= 11 is 0. The van der Waals surface area contributed by atoms with Crippen molar-refractivity contribution < 1.29 is 23.6 Å². The van der Waals surface area contributed by atoms with Crippen LogP contribution in [0.4, 0.5) is 0 Å². The number of Topliss-reactive ketones (excluding diaryl/α,β-unsaturated/α-hetero) is 1. The molecule has 1 aliphatic carbocycles. The number of aromatic nitrogens is 2. The van der Waals surface area contributed by atoms with E-state index < -0.39 is 17.9 Å². The van der Waals surface area contributed by atoms with Crippen LogP contribution in [0.1, 0.15) is 29.9 Å². The van der Waals surface area contributed by atoms with Crippen molar-refractivity contribution in [1.82, 2.24) is 15.5 Å². The molecule has 0 saturated heterocycles. The first-order valence-corrected chi connectivity index (χ1v) is 9.89. The molecule has 4 rings (SSSR count). The monoisotopic (exact) mass is 409 g/mol. The van der Waals surface area contributed by atoms with Crippen molar-refractivity contribution >= 4 is 11.7 Å². The number of amides is 1. The highest BCUT2D eigenvalue weighted by molar-refractivity contribution is 5.90. The number of hydrogen-bond acceptors (Lipinski definition) is 7. The number of rotatable bonds is 7. The van der Waals surface area contributed by atoms with Crippen LogP contribution < -0.4 is 5.32 Å². The zero-order chi connectivity index (χ0) is 21.1. The molecular weight excluding hydrogens is 386 g/mol. The van der Waals surface area contributed by atoms with E-state index in [-0.39, 0.29) is 31.0 Å². The topological polar surface area (TPSA) is 118 Å². The Bertz CT molecular complexity index is 1010. The van der Waals surface area contributed by atoms with Crippen molar-refractivity contribution in [3.63, 3.8) is 0 Å². The molecule has 0 aliphatic heterocycles. The summed E-state index contributed by atoms with van der Waals surface area (Å²) in [5.74, 6) is -0.410. The first kappa shape index (κ1) is 20.0. The number of nitrogens with zero attached hydrogens (tertiary/aromatic N) is 2. The molecule has 1 amide bonds. The number of carbonyl (C=O) groups is 2. The summed E-state index contributed by atoms with van der Waals surface area (Å²) in [4.78, 5) is 29.6. The van der Waals surface area contributed by atoms with E-state index in [1.54, 1.807) is 19.2 Å². The van der Waals surface area contributed by atoms with Crippen LogP contribution in [-0.4, -0.2) is 33.0 Å². The number of carbonyl (C=O) groups excluding carboxylic acids is 2. The fourth-order valence-electron chi connectivity index (χ4n) is 3.91. The van der Waals surface area contributed by atoms with E-state index in [0.29, 0.717) is 23.9 Å². The molecular formula is C22H23N3O5. The fourth-order valence-corrected chi connectivity index (χ4v) is 3.91. The zero-order valence-corrected chi connectivity index (χ0v) is 16.6. The highest BCUT2D eigenvalue weighted by atomic mass is 16.5. The minimum absolute atomic E-state index is 0.0737. The van der Waals surface area contributed by atoms with Gasteiger partial charge in [-0.05, 0) is 37.5 Å². The molecule has 1 saturated carbocycles. The van der Waals surface area contributed by atoms with Gasteiger partial charge in [-0.3, -0.25) is 9.59 Å². The quantitative estimate of drug-likeness (QED) is 0.615. The lowest BCUT2D eigenvalue weighted by Gasteiger charge is -2.17. The average Bonchev–Trinajstić information content (AvgIpc) is 3.48. The number of hydrogen-bond donors (Lipinski definition) is 2. The molecule has 0 radical (unpaired) electrons. The van der Waals surface area contributed by atoms with E-state index in [1.807, 2.05) is 24.3 Å². The first-order chi connectivity index (χ1) is 14.5. The third-order valence-corrected chi connectivity index (χ3v) is 5.41. The number of oxazole rings is 1. The molecule has 3 atom stereocenters. The van der Waals surface area contributed by atoms with Crippen LogP contribution in [0.2, 0.25) is 0 Å². The molecule has 1 aliphatic rings. The lowest BCUT2D eigenvalue weighted by molar-refractivity contribution is -0.132. The van der Waals surface area contributed by atoms with Gasteiger partial charge < -0.3 is 19.4 Å². The second-order valence-corrected chi connectivity index (χ2v) is 7.67. The van der Waals surface area contributed by atoms with Crippen molar-refractivity contribution in [3.8, 4) is 11.5 Å². The van der Waals surface area contributed by atoms with E-state index in [2.05, 4.69) is 15.5 Å².